The van der Waals surface area contributed by atoms with Crippen LogP contribution in [0.3, 0.4) is 0 Å². The SMILES string of the molecule is CCCCCC(C)(C)c1cc(CC(=O)OCCO)ccc1O. The quantitative estimate of drug-likeness (QED) is 0.542. The smallest absolute Gasteiger partial charge is 0.310 e. The van der Waals surface area contributed by atoms with E-state index >= 15 is 0 Å². The van der Waals surface area contributed by atoms with Crippen molar-refractivity contribution in [3.8, 4) is 5.75 Å². The molecule has 0 saturated heterocycles. The third-order valence-electron chi connectivity index (χ3n) is 3.90. The Kier molecular flexibility index (Phi) is 7.39. The summed E-state index contributed by atoms with van der Waals surface area (Å²) in [5.74, 6) is -0.0940. The van der Waals surface area contributed by atoms with Crippen LogP contribution in [0.15, 0.2) is 18.2 Å². The lowest BCUT2D eigenvalue weighted by atomic mass is 9.79. The molecule has 0 aromatic heterocycles. The fraction of sp³-hybridized carbons (Fsp3) is 0.611. The molecule has 1 rings (SSSR count). The summed E-state index contributed by atoms with van der Waals surface area (Å²) in [7, 11) is 0. The molecule has 124 valence electrons. The Hall–Kier alpha value is -1.55. The fourth-order valence-corrected chi connectivity index (χ4v) is 2.56. The predicted octanol–water partition coefficient (Wildman–Crippen LogP) is 3.33. The summed E-state index contributed by atoms with van der Waals surface area (Å²) in [6, 6.07) is 5.27. The number of carbonyl (C=O) groups excluding carboxylic acids is 1. The van der Waals surface area contributed by atoms with Crippen molar-refractivity contribution in [1.82, 2.24) is 0 Å². The van der Waals surface area contributed by atoms with Gasteiger partial charge in [0.25, 0.3) is 0 Å². The number of hydrogen-bond acceptors (Lipinski definition) is 4. The van der Waals surface area contributed by atoms with Crippen LogP contribution < -0.4 is 0 Å². The van der Waals surface area contributed by atoms with Crippen molar-refractivity contribution < 1.29 is 19.7 Å². The average molecular weight is 308 g/mol. The van der Waals surface area contributed by atoms with Gasteiger partial charge in [-0.3, -0.25) is 4.79 Å². The van der Waals surface area contributed by atoms with Crippen LogP contribution in [0, 0.1) is 0 Å². The van der Waals surface area contributed by atoms with Crippen molar-refractivity contribution >= 4 is 5.97 Å². The molecule has 0 aliphatic rings. The molecule has 4 heteroatoms. The topological polar surface area (TPSA) is 66.8 Å². The number of rotatable bonds is 9. The second kappa shape index (κ2) is 8.79. The van der Waals surface area contributed by atoms with Crippen LogP contribution >= 0.6 is 0 Å². The van der Waals surface area contributed by atoms with Gasteiger partial charge in [0.2, 0.25) is 0 Å². The molecule has 0 radical (unpaired) electrons. The van der Waals surface area contributed by atoms with Crippen molar-refractivity contribution in [2.24, 2.45) is 0 Å². The van der Waals surface area contributed by atoms with Gasteiger partial charge >= 0.3 is 5.97 Å². The Morgan fingerprint density at radius 1 is 1.27 bits per heavy atom. The number of carbonyl (C=O) groups is 1. The molecule has 0 bridgehead atoms. The number of benzene rings is 1. The van der Waals surface area contributed by atoms with E-state index in [1.54, 1.807) is 12.1 Å². The molecule has 4 nitrogen and oxygen atoms in total. The van der Waals surface area contributed by atoms with E-state index in [0.29, 0.717) is 0 Å². The van der Waals surface area contributed by atoms with E-state index in [9.17, 15) is 9.90 Å². The monoisotopic (exact) mass is 308 g/mol. The molecule has 0 saturated carbocycles. The van der Waals surface area contributed by atoms with E-state index in [1.165, 1.54) is 12.8 Å². The summed E-state index contributed by atoms with van der Waals surface area (Å²) in [4.78, 5) is 11.6. The zero-order valence-corrected chi connectivity index (χ0v) is 13.9. The van der Waals surface area contributed by atoms with Crippen LogP contribution in [-0.4, -0.2) is 29.4 Å². The van der Waals surface area contributed by atoms with Crippen LogP contribution in [0.4, 0.5) is 0 Å². The second-order valence-corrected chi connectivity index (χ2v) is 6.31. The van der Waals surface area contributed by atoms with Crippen molar-refractivity contribution in [1.29, 1.82) is 0 Å². The molecule has 0 unspecified atom stereocenters. The van der Waals surface area contributed by atoms with E-state index in [1.807, 2.05) is 6.07 Å². The van der Waals surface area contributed by atoms with Crippen molar-refractivity contribution in [2.75, 3.05) is 13.2 Å². The maximum Gasteiger partial charge on any atom is 0.310 e. The molecular weight excluding hydrogens is 280 g/mol. The van der Waals surface area contributed by atoms with Gasteiger partial charge < -0.3 is 14.9 Å². The molecule has 0 atom stereocenters. The molecule has 0 aliphatic heterocycles. The standard InChI is InChI=1S/C18H28O4/c1-4-5-6-9-18(2,3)15-12-14(7-8-16(15)20)13-17(21)22-11-10-19/h7-8,12,19-20H,4-6,9-11,13H2,1-3H3. The van der Waals surface area contributed by atoms with Crippen LogP contribution in [0.5, 0.6) is 5.75 Å². The number of unbranched alkanes of at least 4 members (excludes halogenated alkanes) is 2. The van der Waals surface area contributed by atoms with E-state index < -0.39 is 0 Å². The molecule has 22 heavy (non-hydrogen) atoms. The van der Waals surface area contributed by atoms with E-state index in [2.05, 4.69) is 20.8 Å². The highest BCUT2D eigenvalue weighted by molar-refractivity contribution is 5.72. The first kappa shape index (κ1) is 18.5. The van der Waals surface area contributed by atoms with Crippen LogP contribution in [0.1, 0.15) is 57.6 Å². The maximum atomic E-state index is 11.6. The van der Waals surface area contributed by atoms with Crippen molar-refractivity contribution in [2.45, 2.75) is 58.3 Å². The normalized spacial score (nSPS) is 11.5. The summed E-state index contributed by atoms with van der Waals surface area (Å²) in [6.45, 7) is 6.25. The highest BCUT2D eigenvalue weighted by atomic mass is 16.5. The number of aliphatic hydroxyl groups excluding tert-OH is 1. The average Bonchev–Trinajstić information content (AvgIpc) is 2.47. The van der Waals surface area contributed by atoms with Gasteiger partial charge in [-0.15, -0.1) is 0 Å². The summed E-state index contributed by atoms with van der Waals surface area (Å²) < 4.78 is 4.88. The van der Waals surface area contributed by atoms with Crippen LogP contribution in [0.25, 0.3) is 0 Å². The molecule has 2 N–H and O–H groups in total. The lowest BCUT2D eigenvalue weighted by molar-refractivity contribution is -0.143. The Labute approximate surface area is 133 Å². The molecule has 0 heterocycles. The van der Waals surface area contributed by atoms with E-state index in [-0.39, 0.29) is 36.8 Å². The van der Waals surface area contributed by atoms with Crippen molar-refractivity contribution in [3.05, 3.63) is 29.3 Å². The van der Waals surface area contributed by atoms with Gasteiger partial charge in [-0.25, -0.2) is 0 Å². The molecular formula is C18H28O4. The highest BCUT2D eigenvalue weighted by Gasteiger charge is 2.24. The lowest BCUT2D eigenvalue weighted by Gasteiger charge is -2.26. The third-order valence-corrected chi connectivity index (χ3v) is 3.90. The molecule has 0 spiro atoms. The number of ether oxygens (including phenoxy) is 1. The molecule has 0 aliphatic carbocycles. The summed E-state index contributed by atoms with van der Waals surface area (Å²) in [6.07, 6.45) is 4.60. The summed E-state index contributed by atoms with van der Waals surface area (Å²) >= 11 is 0. The van der Waals surface area contributed by atoms with E-state index in [4.69, 9.17) is 9.84 Å². The zero-order chi connectivity index (χ0) is 16.6. The van der Waals surface area contributed by atoms with Crippen LogP contribution in [-0.2, 0) is 21.4 Å². The summed E-state index contributed by atoms with van der Waals surface area (Å²) in [5, 5.41) is 18.8. The molecule has 1 aromatic rings. The van der Waals surface area contributed by atoms with Gasteiger partial charge in [-0.2, -0.15) is 0 Å². The molecule has 0 amide bonds. The van der Waals surface area contributed by atoms with Gasteiger partial charge in [-0.1, -0.05) is 52.2 Å². The maximum absolute atomic E-state index is 11.6. The number of phenols is 1. The first-order valence-corrected chi connectivity index (χ1v) is 7.99. The minimum Gasteiger partial charge on any atom is -0.508 e. The minimum absolute atomic E-state index is 0.0201. The number of esters is 1. The number of hydrogen-bond donors (Lipinski definition) is 2. The van der Waals surface area contributed by atoms with Gasteiger partial charge in [0, 0.05) is 0 Å². The second-order valence-electron chi connectivity index (χ2n) is 6.31. The first-order valence-electron chi connectivity index (χ1n) is 7.99. The number of aromatic hydroxyl groups is 1. The molecule has 1 aromatic carbocycles. The lowest BCUT2D eigenvalue weighted by Crippen LogP contribution is -2.18. The van der Waals surface area contributed by atoms with E-state index in [0.717, 1.165) is 24.0 Å². The zero-order valence-electron chi connectivity index (χ0n) is 13.9. The number of aliphatic hydroxyl groups is 1. The fourth-order valence-electron chi connectivity index (χ4n) is 2.56. The Balaban J connectivity index is 2.82. The number of phenolic OH excluding ortho intramolecular Hbond substituents is 1. The Morgan fingerprint density at radius 3 is 2.64 bits per heavy atom. The predicted molar refractivity (Wildman–Crippen MR) is 87.0 cm³/mol. The first-order chi connectivity index (χ1) is 10.4. The third kappa shape index (κ3) is 5.68. The summed E-state index contributed by atoms with van der Waals surface area (Å²) in [5.41, 5.74) is 1.56. The highest BCUT2D eigenvalue weighted by Crippen LogP contribution is 2.35. The molecule has 0 fully saturated rings. The van der Waals surface area contributed by atoms with Crippen molar-refractivity contribution in [3.63, 3.8) is 0 Å². The Bertz CT molecular complexity index is 480. The van der Waals surface area contributed by atoms with Gasteiger partial charge in [0.1, 0.15) is 12.4 Å². The van der Waals surface area contributed by atoms with Crippen LogP contribution in [0.2, 0.25) is 0 Å². The Morgan fingerprint density at radius 2 is 2.00 bits per heavy atom. The van der Waals surface area contributed by atoms with Gasteiger partial charge in [0.15, 0.2) is 0 Å². The van der Waals surface area contributed by atoms with Gasteiger partial charge in [0.05, 0.1) is 13.0 Å². The van der Waals surface area contributed by atoms with Gasteiger partial charge in [-0.05, 0) is 29.0 Å². The largest absolute Gasteiger partial charge is 0.508 e. The minimum atomic E-state index is -0.366.